The highest BCUT2D eigenvalue weighted by atomic mass is 16.5. The average molecular weight is 239 g/mol. The highest BCUT2D eigenvalue weighted by molar-refractivity contribution is 5.63. The Morgan fingerprint density at radius 3 is 2.56 bits per heavy atom. The van der Waals surface area contributed by atoms with Crippen molar-refractivity contribution < 1.29 is 4.74 Å². The van der Waals surface area contributed by atoms with E-state index in [-0.39, 0.29) is 0 Å². The number of nitrogens with zero attached hydrogens (tertiary/aromatic N) is 3. The van der Waals surface area contributed by atoms with Crippen molar-refractivity contribution in [1.29, 1.82) is 0 Å². The zero-order valence-electron chi connectivity index (χ0n) is 10.3. The zero-order valence-corrected chi connectivity index (χ0v) is 10.3. The molecule has 0 aliphatic carbocycles. The van der Waals surface area contributed by atoms with Gasteiger partial charge in [-0.3, -0.25) is 4.40 Å². The predicted molar refractivity (Wildman–Crippen MR) is 69.7 cm³/mol. The minimum Gasteiger partial charge on any atom is -0.493 e. The van der Waals surface area contributed by atoms with E-state index in [1.165, 1.54) is 5.56 Å². The third-order valence-electron chi connectivity index (χ3n) is 2.93. The van der Waals surface area contributed by atoms with E-state index in [1.54, 1.807) is 7.11 Å². The normalized spacial score (nSPS) is 10.8. The number of aryl methyl sites for hydroxylation is 1. The molecule has 0 saturated heterocycles. The van der Waals surface area contributed by atoms with Gasteiger partial charge >= 0.3 is 0 Å². The lowest BCUT2D eigenvalue weighted by atomic mass is 10.1. The van der Waals surface area contributed by atoms with Gasteiger partial charge in [-0.05, 0) is 19.1 Å². The molecule has 1 aromatic carbocycles. The Bertz CT molecular complexity index is 686. The van der Waals surface area contributed by atoms with Crippen LogP contribution in [0.25, 0.3) is 17.0 Å². The molecule has 0 aliphatic heterocycles. The standard InChI is InChI=1S/C14H13N3O/c1-10-5-7-11(8-6-10)13-15-16-14-12(18-2)4-3-9-17(13)14/h3-9H,1-2H3. The van der Waals surface area contributed by atoms with Gasteiger partial charge in [0.25, 0.3) is 0 Å². The summed E-state index contributed by atoms with van der Waals surface area (Å²) in [7, 11) is 1.63. The Kier molecular flexibility index (Phi) is 2.48. The van der Waals surface area contributed by atoms with Crippen LogP contribution in [0.15, 0.2) is 42.6 Å². The van der Waals surface area contributed by atoms with E-state index in [1.807, 2.05) is 34.9 Å². The first-order valence-electron chi connectivity index (χ1n) is 5.74. The van der Waals surface area contributed by atoms with Crippen LogP contribution in [0.1, 0.15) is 5.56 Å². The first-order chi connectivity index (χ1) is 8.79. The van der Waals surface area contributed by atoms with Gasteiger partial charge in [-0.2, -0.15) is 0 Å². The van der Waals surface area contributed by atoms with Gasteiger partial charge in [-0.15, -0.1) is 10.2 Å². The second-order valence-corrected chi connectivity index (χ2v) is 4.16. The van der Waals surface area contributed by atoms with Crippen molar-refractivity contribution in [2.75, 3.05) is 7.11 Å². The molecular weight excluding hydrogens is 226 g/mol. The average Bonchev–Trinajstić information content (AvgIpc) is 2.83. The van der Waals surface area contributed by atoms with Crippen LogP contribution in [0.2, 0.25) is 0 Å². The van der Waals surface area contributed by atoms with Crippen molar-refractivity contribution >= 4 is 5.65 Å². The van der Waals surface area contributed by atoms with E-state index < -0.39 is 0 Å². The number of methoxy groups -OCH3 is 1. The van der Waals surface area contributed by atoms with E-state index in [4.69, 9.17) is 4.74 Å². The number of hydrogen-bond acceptors (Lipinski definition) is 3. The third kappa shape index (κ3) is 1.62. The summed E-state index contributed by atoms with van der Waals surface area (Å²) >= 11 is 0. The van der Waals surface area contributed by atoms with Gasteiger partial charge in [0.1, 0.15) is 0 Å². The van der Waals surface area contributed by atoms with Gasteiger partial charge < -0.3 is 4.74 Å². The van der Waals surface area contributed by atoms with Crippen molar-refractivity contribution in [3.8, 4) is 17.1 Å². The topological polar surface area (TPSA) is 39.4 Å². The monoisotopic (exact) mass is 239 g/mol. The summed E-state index contributed by atoms with van der Waals surface area (Å²) in [4.78, 5) is 0. The molecule has 3 aromatic rings. The van der Waals surface area contributed by atoms with Crippen molar-refractivity contribution in [3.63, 3.8) is 0 Å². The summed E-state index contributed by atoms with van der Waals surface area (Å²) in [6.07, 6.45) is 1.94. The van der Waals surface area contributed by atoms with Crippen LogP contribution in [0.4, 0.5) is 0 Å². The lowest BCUT2D eigenvalue weighted by Gasteiger charge is -2.03. The molecule has 18 heavy (non-hydrogen) atoms. The van der Waals surface area contributed by atoms with Crippen molar-refractivity contribution in [2.24, 2.45) is 0 Å². The molecule has 3 rings (SSSR count). The highest BCUT2D eigenvalue weighted by Crippen LogP contribution is 2.23. The number of ether oxygens (including phenoxy) is 1. The van der Waals surface area contributed by atoms with Gasteiger partial charge in [0, 0.05) is 11.8 Å². The summed E-state index contributed by atoms with van der Waals surface area (Å²) in [6, 6.07) is 12.0. The van der Waals surface area contributed by atoms with Gasteiger partial charge in [-0.25, -0.2) is 0 Å². The van der Waals surface area contributed by atoms with Gasteiger partial charge in [0.05, 0.1) is 7.11 Å². The smallest absolute Gasteiger partial charge is 0.203 e. The van der Waals surface area contributed by atoms with Gasteiger partial charge in [0.15, 0.2) is 11.6 Å². The van der Waals surface area contributed by atoms with Crippen LogP contribution in [0.3, 0.4) is 0 Å². The number of rotatable bonds is 2. The lowest BCUT2D eigenvalue weighted by molar-refractivity contribution is 0.417. The summed E-state index contributed by atoms with van der Waals surface area (Å²) in [5, 5.41) is 8.41. The summed E-state index contributed by atoms with van der Waals surface area (Å²) in [5.41, 5.74) is 3.00. The predicted octanol–water partition coefficient (Wildman–Crippen LogP) is 2.71. The molecule has 0 radical (unpaired) electrons. The van der Waals surface area contributed by atoms with E-state index >= 15 is 0 Å². The van der Waals surface area contributed by atoms with Crippen LogP contribution < -0.4 is 4.74 Å². The Morgan fingerprint density at radius 1 is 1.06 bits per heavy atom. The molecule has 4 heteroatoms. The Labute approximate surface area is 105 Å². The van der Waals surface area contributed by atoms with Crippen molar-refractivity contribution in [2.45, 2.75) is 6.92 Å². The molecule has 0 saturated carbocycles. The second kappa shape index (κ2) is 4.14. The fraction of sp³-hybridized carbons (Fsp3) is 0.143. The number of hydrogen-bond donors (Lipinski definition) is 0. The highest BCUT2D eigenvalue weighted by Gasteiger charge is 2.10. The summed E-state index contributed by atoms with van der Waals surface area (Å²) in [5.74, 6) is 1.55. The summed E-state index contributed by atoms with van der Waals surface area (Å²) < 4.78 is 7.21. The molecule has 0 fully saturated rings. The molecule has 0 N–H and O–H groups in total. The van der Waals surface area contributed by atoms with Gasteiger partial charge in [0.2, 0.25) is 5.65 Å². The lowest BCUT2D eigenvalue weighted by Crippen LogP contribution is -1.92. The molecule has 2 heterocycles. The quantitative estimate of drug-likeness (QED) is 0.690. The number of fused-ring (bicyclic) bond motifs is 1. The number of aromatic nitrogens is 3. The minimum absolute atomic E-state index is 0.725. The van der Waals surface area contributed by atoms with E-state index in [9.17, 15) is 0 Å². The van der Waals surface area contributed by atoms with Crippen LogP contribution in [-0.4, -0.2) is 21.7 Å². The van der Waals surface area contributed by atoms with E-state index in [2.05, 4.69) is 29.3 Å². The van der Waals surface area contributed by atoms with Crippen molar-refractivity contribution in [3.05, 3.63) is 48.2 Å². The Morgan fingerprint density at radius 2 is 1.83 bits per heavy atom. The van der Waals surface area contributed by atoms with E-state index in [0.29, 0.717) is 0 Å². The fourth-order valence-electron chi connectivity index (χ4n) is 1.95. The van der Waals surface area contributed by atoms with Gasteiger partial charge in [-0.1, -0.05) is 29.8 Å². The molecule has 0 unspecified atom stereocenters. The zero-order chi connectivity index (χ0) is 12.5. The maximum Gasteiger partial charge on any atom is 0.203 e. The fourth-order valence-corrected chi connectivity index (χ4v) is 1.95. The molecule has 90 valence electrons. The number of pyridine rings is 1. The maximum atomic E-state index is 5.27. The molecule has 2 aromatic heterocycles. The largest absolute Gasteiger partial charge is 0.493 e. The Hall–Kier alpha value is -2.36. The molecular formula is C14H13N3O. The third-order valence-corrected chi connectivity index (χ3v) is 2.93. The molecule has 0 atom stereocenters. The number of benzene rings is 1. The van der Waals surface area contributed by atoms with E-state index in [0.717, 1.165) is 22.8 Å². The Balaban J connectivity index is 2.21. The molecule has 4 nitrogen and oxygen atoms in total. The molecule has 0 spiro atoms. The molecule has 0 amide bonds. The molecule has 0 aliphatic rings. The van der Waals surface area contributed by atoms with Crippen LogP contribution in [-0.2, 0) is 0 Å². The maximum absolute atomic E-state index is 5.27. The van der Waals surface area contributed by atoms with Crippen molar-refractivity contribution in [1.82, 2.24) is 14.6 Å². The van der Waals surface area contributed by atoms with Crippen LogP contribution in [0.5, 0.6) is 5.75 Å². The first-order valence-corrected chi connectivity index (χ1v) is 5.74. The summed E-state index contributed by atoms with van der Waals surface area (Å²) in [6.45, 7) is 2.06. The first kappa shape index (κ1) is 10.8. The molecule has 0 bridgehead atoms. The SMILES string of the molecule is COc1cccn2c(-c3ccc(C)cc3)nnc12. The van der Waals surface area contributed by atoms with Crippen LogP contribution >= 0.6 is 0 Å². The second-order valence-electron chi connectivity index (χ2n) is 4.16. The minimum atomic E-state index is 0.725. The van der Waals surface area contributed by atoms with Crippen LogP contribution in [0, 0.1) is 6.92 Å².